The summed E-state index contributed by atoms with van der Waals surface area (Å²) in [5.41, 5.74) is 2.43. The van der Waals surface area contributed by atoms with Gasteiger partial charge in [0, 0.05) is 25.8 Å². The minimum absolute atomic E-state index is 0.00743. The highest BCUT2D eigenvalue weighted by Crippen LogP contribution is 2.19. The fourth-order valence-corrected chi connectivity index (χ4v) is 2.66. The Hall–Kier alpha value is -2.34. The zero-order valence-corrected chi connectivity index (χ0v) is 16.2. The second-order valence-corrected chi connectivity index (χ2v) is 6.75. The van der Waals surface area contributed by atoms with Crippen molar-refractivity contribution in [3.05, 3.63) is 46.8 Å². The highest BCUT2D eigenvalue weighted by atomic mass is 16.5. The Morgan fingerprint density at radius 2 is 1.92 bits per heavy atom. The van der Waals surface area contributed by atoms with Crippen molar-refractivity contribution >= 4 is 5.91 Å². The molecule has 1 heterocycles. The Kier molecular flexibility index (Phi) is 7.21. The first-order valence-corrected chi connectivity index (χ1v) is 8.85. The number of hydrogen-bond acceptors (Lipinski definition) is 5. The predicted octanol–water partition coefficient (Wildman–Crippen LogP) is 3.62. The minimum Gasteiger partial charge on any atom is -0.489 e. The first kappa shape index (κ1) is 20.0. The van der Waals surface area contributed by atoms with E-state index in [2.05, 4.69) is 19.0 Å². The lowest BCUT2D eigenvalue weighted by Crippen LogP contribution is -2.36. The first-order chi connectivity index (χ1) is 12.4. The quantitative estimate of drug-likeness (QED) is 0.683. The normalized spacial score (nSPS) is 11.0. The smallest absolute Gasteiger partial charge is 0.253 e. The second kappa shape index (κ2) is 9.38. The summed E-state index contributed by atoms with van der Waals surface area (Å²) in [6.07, 6.45) is 0. The molecule has 0 aliphatic heterocycles. The van der Waals surface area contributed by atoms with Crippen molar-refractivity contribution in [2.45, 2.75) is 34.3 Å². The van der Waals surface area contributed by atoms with E-state index in [0.29, 0.717) is 43.5 Å². The number of carbonyl (C=O) groups is 1. The Balaban J connectivity index is 2.01. The van der Waals surface area contributed by atoms with Gasteiger partial charge in [0.1, 0.15) is 18.1 Å². The van der Waals surface area contributed by atoms with Gasteiger partial charge in [0.15, 0.2) is 0 Å². The number of methoxy groups -OCH3 is 1. The molecule has 6 nitrogen and oxygen atoms in total. The summed E-state index contributed by atoms with van der Waals surface area (Å²) in [4.78, 5) is 14.6. The van der Waals surface area contributed by atoms with E-state index in [1.165, 1.54) is 0 Å². The van der Waals surface area contributed by atoms with Gasteiger partial charge in [0.2, 0.25) is 0 Å². The molecule has 2 aromatic rings. The van der Waals surface area contributed by atoms with Gasteiger partial charge in [-0.15, -0.1) is 0 Å². The summed E-state index contributed by atoms with van der Waals surface area (Å²) in [6, 6.07) is 7.22. The lowest BCUT2D eigenvalue weighted by Gasteiger charge is -2.24. The number of hydrogen-bond donors (Lipinski definition) is 0. The van der Waals surface area contributed by atoms with Gasteiger partial charge in [-0.1, -0.05) is 19.0 Å². The molecule has 1 aromatic carbocycles. The molecule has 1 amide bonds. The predicted molar refractivity (Wildman–Crippen MR) is 99.4 cm³/mol. The second-order valence-electron chi connectivity index (χ2n) is 6.75. The zero-order valence-electron chi connectivity index (χ0n) is 16.2. The van der Waals surface area contributed by atoms with Crippen LogP contribution in [0.3, 0.4) is 0 Å². The molecule has 0 N–H and O–H groups in total. The van der Waals surface area contributed by atoms with Gasteiger partial charge in [-0.2, -0.15) is 0 Å². The van der Waals surface area contributed by atoms with Crippen molar-refractivity contribution in [1.82, 2.24) is 10.1 Å². The minimum atomic E-state index is 0.00743. The molecule has 0 aliphatic rings. The van der Waals surface area contributed by atoms with Gasteiger partial charge in [-0.3, -0.25) is 4.79 Å². The average Bonchev–Trinajstić information content (AvgIpc) is 2.94. The molecule has 26 heavy (non-hydrogen) atoms. The third-order valence-electron chi connectivity index (χ3n) is 4.10. The van der Waals surface area contributed by atoms with Gasteiger partial charge in [-0.05, 0) is 44.0 Å². The average molecular weight is 360 g/mol. The van der Waals surface area contributed by atoms with Crippen LogP contribution in [0.15, 0.2) is 28.8 Å². The Bertz CT molecular complexity index is 688. The van der Waals surface area contributed by atoms with Gasteiger partial charge in [-0.25, -0.2) is 0 Å². The van der Waals surface area contributed by atoms with Crippen LogP contribution in [0.4, 0.5) is 0 Å². The molecular weight excluding hydrogens is 332 g/mol. The van der Waals surface area contributed by atoms with Crippen molar-refractivity contribution in [1.29, 1.82) is 0 Å². The maximum absolute atomic E-state index is 12.7. The molecule has 1 aromatic heterocycles. The molecule has 0 unspecified atom stereocenters. The van der Waals surface area contributed by atoms with Crippen LogP contribution in [0.1, 0.15) is 41.2 Å². The van der Waals surface area contributed by atoms with Crippen molar-refractivity contribution in [3.63, 3.8) is 0 Å². The molecule has 0 saturated carbocycles. The maximum Gasteiger partial charge on any atom is 0.253 e. The fourth-order valence-electron chi connectivity index (χ4n) is 2.66. The SMILES string of the molecule is COCCN(CC(C)C)C(=O)c1ccc(OCc2c(C)noc2C)cc1. The summed E-state index contributed by atoms with van der Waals surface area (Å²) in [5, 5.41) is 3.92. The number of amides is 1. The van der Waals surface area contributed by atoms with Crippen LogP contribution in [0.2, 0.25) is 0 Å². The van der Waals surface area contributed by atoms with Crippen molar-refractivity contribution < 1.29 is 18.8 Å². The summed E-state index contributed by atoms with van der Waals surface area (Å²) < 4.78 is 16.0. The number of aryl methyl sites for hydroxylation is 2. The summed E-state index contributed by atoms with van der Waals surface area (Å²) >= 11 is 0. The lowest BCUT2D eigenvalue weighted by molar-refractivity contribution is 0.0672. The van der Waals surface area contributed by atoms with E-state index < -0.39 is 0 Å². The van der Waals surface area contributed by atoms with E-state index >= 15 is 0 Å². The largest absolute Gasteiger partial charge is 0.489 e. The topological polar surface area (TPSA) is 64.8 Å². The van der Waals surface area contributed by atoms with E-state index in [4.69, 9.17) is 14.0 Å². The molecule has 142 valence electrons. The van der Waals surface area contributed by atoms with Crippen molar-refractivity contribution in [2.24, 2.45) is 5.92 Å². The number of rotatable bonds is 9. The number of aromatic nitrogens is 1. The summed E-state index contributed by atoms with van der Waals surface area (Å²) in [6.45, 7) is 10.1. The highest BCUT2D eigenvalue weighted by molar-refractivity contribution is 5.94. The highest BCUT2D eigenvalue weighted by Gasteiger charge is 2.17. The molecule has 0 atom stereocenters. The van der Waals surface area contributed by atoms with Gasteiger partial charge >= 0.3 is 0 Å². The van der Waals surface area contributed by atoms with Crippen LogP contribution in [-0.2, 0) is 11.3 Å². The van der Waals surface area contributed by atoms with E-state index in [1.807, 2.05) is 30.9 Å². The molecule has 0 radical (unpaired) electrons. The van der Waals surface area contributed by atoms with Crippen LogP contribution in [-0.4, -0.2) is 42.8 Å². The molecule has 0 bridgehead atoms. The third-order valence-corrected chi connectivity index (χ3v) is 4.10. The molecule has 0 fully saturated rings. The molecule has 0 aliphatic carbocycles. The van der Waals surface area contributed by atoms with E-state index in [9.17, 15) is 4.79 Å². The third kappa shape index (κ3) is 5.33. The number of benzene rings is 1. The van der Waals surface area contributed by atoms with Crippen LogP contribution in [0, 0.1) is 19.8 Å². The first-order valence-electron chi connectivity index (χ1n) is 8.85. The maximum atomic E-state index is 12.7. The molecule has 0 saturated heterocycles. The zero-order chi connectivity index (χ0) is 19.1. The monoisotopic (exact) mass is 360 g/mol. The van der Waals surface area contributed by atoms with Crippen LogP contribution >= 0.6 is 0 Å². The standard InChI is InChI=1S/C20H28N2O4/c1-14(2)12-22(10-11-24-5)20(23)17-6-8-18(9-7-17)25-13-19-15(3)21-26-16(19)4/h6-9,14H,10-13H2,1-5H3. The lowest BCUT2D eigenvalue weighted by atomic mass is 10.1. The van der Waals surface area contributed by atoms with Gasteiger partial charge in [0.05, 0.1) is 17.9 Å². The van der Waals surface area contributed by atoms with Crippen LogP contribution in [0.5, 0.6) is 5.75 Å². The van der Waals surface area contributed by atoms with Crippen LogP contribution < -0.4 is 4.74 Å². The number of carbonyl (C=O) groups excluding carboxylic acids is 1. The van der Waals surface area contributed by atoms with E-state index in [1.54, 1.807) is 19.2 Å². The molecular formula is C20H28N2O4. The van der Waals surface area contributed by atoms with E-state index in [-0.39, 0.29) is 5.91 Å². The Morgan fingerprint density at radius 1 is 1.23 bits per heavy atom. The van der Waals surface area contributed by atoms with Crippen molar-refractivity contribution in [2.75, 3.05) is 26.8 Å². The molecule has 0 spiro atoms. The van der Waals surface area contributed by atoms with Gasteiger partial charge in [0.25, 0.3) is 5.91 Å². The fraction of sp³-hybridized carbons (Fsp3) is 0.500. The van der Waals surface area contributed by atoms with E-state index in [0.717, 1.165) is 17.0 Å². The Labute approximate surface area is 155 Å². The summed E-state index contributed by atoms with van der Waals surface area (Å²) in [5.74, 6) is 1.87. The summed E-state index contributed by atoms with van der Waals surface area (Å²) in [7, 11) is 1.64. The number of nitrogens with zero attached hydrogens (tertiary/aromatic N) is 2. The molecule has 2 rings (SSSR count). The van der Waals surface area contributed by atoms with Crippen molar-refractivity contribution in [3.8, 4) is 5.75 Å². The van der Waals surface area contributed by atoms with Gasteiger partial charge < -0.3 is 18.9 Å². The Morgan fingerprint density at radius 3 is 2.46 bits per heavy atom. The number of ether oxygens (including phenoxy) is 2. The van der Waals surface area contributed by atoms with Crippen LogP contribution in [0.25, 0.3) is 0 Å². The molecule has 6 heteroatoms.